The Morgan fingerprint density at radius 1 is 0.960 bits per heavy atom. The van der Waals surface area contributed by atoms with Crippen LogP contribution in [0.15, 0.2) is 54.6 Å². The van der Waals surface area contributed by atoms with Crippen molar-refractivity contribution in [2.24, 2.45) is 0 Å². The number of hydrogen-bond donors (Lipinski definition) is 1. The summed E-state index contributed by atoms with van der Waals surface area (Å²) in [4.78, 5) is 26.1. The van der Waals surface area contributed by atoms with Gasteiger partial charge in [0.15, 0.2) is 0 Å². The maximum Gasteiger partial charge on any atom is 0.253 e. The van der Waals surface area contributed by atoms with Gasteiger partial charge in [0.2, 0.25) is 5.91 Å². The highest BCUT2D eigenvalue weighted by atomic mass is 16.5. The van der Waals surface area contributed by atoms with E-state index in [1.807, 2.05) is 35.2 Å². The number of nitrogens with one attached hydrogen (secondary N) is 1. The molecule has 1 heterocycles. The monoisotopic (exact) mass is 338 g/mol. The number of benzene rings is 2. The van der Waals surface area contributed by atoms with Gasteiger partial charge in [0.05, 0.1) is 6.61 Å². The molecule has 0 saturated carbocycles. The molecular weight excluding hydrogens is 316 g/mol. The minimum Gasteiger partial charge on any atom is -0.367 e. The third-order valence-corrected chi connectivity index (χ3v) is 4.15. The first-order valence-corrected chi connectivity index (χ1v) is 8.53. The lowest BCUT2D eigenvalue weighted by atomic mass is 10.2. The first-order valence-electron chi connectivity index (χ1n) is 8.53. The fourth-order valence-electron chi connectivity index (χ4n) is 2.83. The average molecular weight is 338 g/mol. The Bertz CT molecular complexity index is 707. The predicted molar refractivity (Wildman–Crippen MR) is 96.3 cm³/mol. The second-order valence-electron chi connectivity index (χ2n) is 6.10. The molecule has 0 atom stereocenters. The number of amides is 2. The Labute approximate surface area is 147 Å². The smallest absolute Gasteiger partial charge is 0.253 e. The molecular formula is C20H22N2O3. The van der Waals surface area contributed by atoms with Crippen molar-refractivity contribution < 1.29 is 14.3 Å². The third kappa shape index (κ3) is 4.90. The van der Waals surface area contributed by atoms with Gasteiger partial charge in [-0.05, 0) is 42.7 Å². The molecule has 2 aromatic rings. The van der Waals surface area contributed by atoms with Crippen LogP contribution in [0.25, 0.3) is 0 Å². The van der Waals surface area contributed by atoms with Crippen molar-refractivity contribution in [1.82, 2.24) is 4.90 Å². The van der Waals surface area contributed by atoms with Gasteiger partial charge in [-0.15, -0.1) is 0 Å². The number of carbonyl (C=O) groups is 2. The Balaban J connectivity index is 1.46. The van der Waals surface area contributed by atoms with E-state index in [1.165, 1.54) is 0 Å². The fraction of sp³-hybridized carbons (Fsp3) is 0.300. The zero-order valence-electron chi connectivity index (χ0n) is 14.1. The summed E-state index contributed by atoms with van der Waals surface area (Å²) in [5.41, 5.74) is 2.34. The fourth-order valence-corrected chi connectivity index (χ4v) is 2.83. The van der Waals surface area contributed by atoms with Crippen molar-refractivity contribution in [3.8, 4) is 0 Å². The average Bonchev–Trinajstić information content (AvgIpc) is 3.17. The standard InChI is InChI=1S/C20H22N2O3/c23-19(15-25-14-16-6-2-1-3-7-16)21-18-10-8-17(9-11-18)20(24)22-12-4-5-13-22/h1-3,6-11H,4-5,12-15H2,(H,21,23). The van der Waals surface area contributed by atoms with E-state index in [1.54, 1.807) is 24.3 Å². The molecule has 1 aliphatic rings. The molecule has 1 fully saturated rings. The van der Waals surface area contributed by atoms with Crippen molar-refractivity contribution >= 4 is 17.5 Å². The number of hydrogen-bond acceptors (Lipinski definition) is 3. The van der Waals surface area contributed by atoms with Gasteiger partial charge in [0.1, 0.15) is 6.61 Å². The Morgan fingerprint density at radius 3 is 2.32 bits per heavy atom. The molecule has 130 valence electrons. The molecule has 1 aliphatic heterocycles. The maximum atomic E-state index is 12.3. The highest BCUT2D eigenvalue weighted by molar-refractivity contribution is 5.96. The molecule has 2 amide bonds. The molecule has 5 nitrogen and oxygen atoms in total. The Morgan fingerprint density at radius 2 is 1.64 bits per heavy atom. The van der Waals surface area contributed by atoms with Crippen LogP contribution >= 0.6 is 0 Å². The number of ether oxygens (including phenoxy) is 1. The van der Waals surface area contributed by atoms with Crippen LogP contribution in [0.2, 0.25) is 0 Å². The van der Waals surface area contributed by atoms with Crippen LogP contribution in [0.4, 0.5) is 5.69 Å². The predicted octanol–water partition coefficient (Wildman–Crippen LogP) is 3.08. The molecule has 0 radical (unpaired) electrons. The van der Waals surface area contributed by atoms with Crippen molar-refractivity contribution in [2.45, 2.75) is 19.4 Å². The largest absolute Gasteiger partial charge is 0.367 e. The number of likely N-dealkylation sites (tertiary alicyclic amines) is 1. The van der Waals surface area contributed by atoms with Crippen LogP contribution in [0.3, 0.4) is 0 Å². The van der Waals surface area contributed by atoms with Gasteiger partial charge in [-0.3, -0.25) is 9.59 Å². The molecule has 0 unspecified atom stereocenters. The second kappa shape index (κ2) is 8.44. The van der Waals surface area contributed by atoms with Gasteiger partial charge < -0.3 is 15.0 Å². The molecule has 0 aromatic heterocycles. The molecule has 1 saturated heterocycles. The Kier molecular flexibility index (Phi) is 5.80. The SMILES string of the molecule is O=C(COCc1ccccc1)Nc1ccc(C(=O)N2CCCC2)cc1. The number of anilines is 1. The van der Waals surface area contributed by atoms with Crippen LogP contribution in [0.5, 0.6) is 0 Å². The molecule has 25 heavy (non-hydrogen) atoms. The highest BCUT2D eigenvalue weighted by Crippen LogP contribution is 2.15. The van der Waals surface area contributed by atoms with Gasteiger partial charge in [0, 0.05) is 24.3 Å². The van der Waals surface area contributed by atoms with Gasteiger partial charge in [-0.2, -0.15) is 0 Å². The summed E-state index contributed by atoms with van der Waals surface area (Å²) in [6.07, 6.45) is 2.14. The first-order chi connectivity index (χ1) is 12.2. The normalized spacial score (nSPS) is 13.7. The number of nitrogens with zero attached hydrogens (tertiary/aromatic N) is 1. The summed E-state index contributed by atoms with van der Waals surface area (Å²) in [6, 6.07) is 16.7. The molecule has 2 aromatic carbocycles. The van der Waals surface area contributed by atoms with Gasteiger partial charge in [0.25, 0.3) is 5.91 Å². The minimum atomic E-state index is -0.213. The van der Waals surface area contributed by atoms with Crippen LogP contribution < -0.4 is 5.32 Å². The van der Waals surface area contributed by atoms with Crippen molar-refractivity contribution in [3.63, 3.8) is 0 Å². The second-order valence-corrected chi connectivity index (χ2v) is 6.10. The van der Waals surface area contributed by atoms with E-state index < -0.39 is 0 Å². The highest BCUT2D eigenvalue weighted by Gasteiger charge is 2.19. The van der Waals surface area contributed by atoms with E-state index >= 15 is 0 Å². The lowest BCUT2D eigenvalue weighted by molar-refractivity contribution is -0.121. The lowest BCUT2D eigenvalue weighted by Gasteiger charge is -2.15. The van der Waals surface area contributed by atoms with Crippen LogP contribution in [-0.4, -0.2) is 36.4 Å². The zero-order chi connectivity index (χ0) is 17.5. The third-order valence-electron chi connectivity index (χ3n) is 4.15. The summed E-state index contributed by atoms with van der Waals surface area (Å²) in [5.74, 6) is -0.156. The van der Waals surface area contributed by atoms with Crippen molar-refractivity contribution in [2.75, 3.05) is 25.0 Å². The van der Waals surface area contributed by atoms with E-state index in [2.05, 4.69) is 5.32 Å². The van der Waals surface area contributed by atoms with Gasteiger partial charge >= 0.3 is 0 Å². The summed E-state index contributed by atoms with van der Waals surface area (Å²) >= 11 is 0. The topological polar surface area (TPSA) is 58.6 Å². The van der Waals surface area contributed by atoms with E-state index in [0.29, 0.717) is 17.9 Å². The minimum absolute atomic E-state index is 0.0106. The van der Waals surface area contributed by atoms with Crippen molar-refractivity contribution in [1.29, 1.82) is 0 Å². The lowest BCUT2D eigenvalue weighted by Crippen LogP contribution is -2.27. The summed E-state index contributed by atoms with van der Waals surface area (Å²) in [5, 5.41) is 2.78. The number of rotatable bonds is 6. The summed E-state index contributed by atoms with van der Waals surface area (Å²) in [7, 11) is 0. The van der Waals surface area contributed by atoms with E-state index in [0.717, 1.165) is 31.5 Å². The zero-order valence-corrected chi connectivity index (χ0v) is 14.1. The van der Waals surface area contributed by atoms with Crippen LogP contribution in [0.1, 0.15) is 28.8 Å². The van der Waals surface area contributed by atoms with Crippen molar-refractivity contribution in [3.05, 3.63) is 65.7 Å². The molecule has 5 heteroatoms. The quantitative estimate of drug-likeness (QED) is 0.880. The van der Waals surface area contributed by atoms with Gasteiger partial charge in [-0.25, -0.2) is 0 Å². The van der Waals surface area contributed by atoms with E-state index in [-0.39, 0.29) is 18.4 Å². The molecule has 1 N–H and O–H groups in total. The number of carbonyl (C=O) groups excluding carboxylic acids is 2. The Hall–Kier alpha value is -2.66. The summed E-state index contributed by atoms with van der Waals surface area (Å²) in [6.45, 7) is 2.05. The first kappa shape index (κ1) is 17.2. The van der Waals surface area contributed by atoms with Gasteiger partial charge in [-0.1, -0.05) is 30.3 Å². The molecule has 0 spiro atoms. The molecule has 0 bridgehead atoms. The maximum absolute atomic E-state index is 12.3. The molecule has 3 rings (SSSR count). The van der Waals surface area contributed by atoms with E-state index in [4.69, 9.17) is 4.74 Å². The van der Waals surface area contributed by atoms with E-state index in [9.17, 15) is 9.59 Å². The van der Waals surface area contributed by atoms with Crippen LogP contribution in [0, 0.1) is 0 Å². The molecule has 0 aliphatic carbocycles. The summed E-state index contributed by atoms with van der Waals surface area (Å²) < 4.78 is 5.41. The van der Waals surface area contributed by atoms with Crippen LogP contribution in [-0.2, 0) is 16.1 Å².